The zero-order valence-electron chi connectivity index (χ0n) is 17.3. The van der Waals surface area contributed by atoms with Crippen LogP contribution in [0.1, 0.15) is 38.3 Å². The molecule has 1 heterocycles. The number of likely N-dealkylation sites (tertiary alicyclic amines) is 1. The third kappa shape index (κ3) is 6.15. The highest BCUT2D eigenvalue weighted by Gasteiger charge is 2.40. The lowest BCUT2D eigenvalue weighted by molar-refractivity contribution is -0.158. The van der Waals surface area contributed by atoms with Crippen molar-refractivity contribution >= 4 is 29.8 Å². The Morgan fingerprint density at radius 2 is 1.93 bits per heavy atom. The van der Waals surface area contributed by atoms with Gasteiger partial charge in [-0.05, 0) is 30.5 Å². The molecule has 9 heteroatoms. The lowest BCUT2D eigenvalue weighted by Gasteiger charge is -2.26. The number of nitrogens with one attached hydrogen (secondary N) is 2. The van der Waals surface area contributed by atoms with E-state index in [1.165, 1.54) is 18.7 Å². The fourth-order valence-electron chi connectivity index (χ4n) is 3.27. The maximum atomic E-state index is 12.6. The number of aliphatic hydroxyl groups excluding tert-OH is 1. The number of β-amino-alcohol motifs (C(OH)–C–C–N with tert-alkyl or cyclic N) is 1. The monoisotopic (exact) mass is 417 g/mol. The van der Waals surface area contributed by atoms with E-state index in [4.69, 9.17) is 4.74 Å². The molecular weight excluding hydrogens is 390 g/mol. The summed E-state index contributed by atoms with van der Waals surface area (Å²) >= 11 is 0. The van der Waals surface area contributed by atoms with Crippen LogP contribution in [0.3, 0.4) is 0 Å². The Balaban J connectivity index is 1.98. The van der Waals surface area contributed by atoms with Crippen LogP contribution in [0, 0.1) is 0 Å². The van der Waals surface area contributed by atoms with Gasteiger partial charge in [0, 0.05) is 32.6 Å². The Bertz CT molecular complexity index is 821. The molecule has 9 nitrogen and oxygen atoms in total. The van der Waals surface area contributed by atoms with E-state index in [1.807, 2.05) is 31.2 Å². The zero-order valence-corrected chi connectivity index (χ0v) is 17.3. The minimum absolute atomic E-state index is 0.0116. The van der Waals surface area contributed by atoms with Crippen LogP contribution in [0.25, 0.3) is 5.57 Å². The maximum absolute atomic E-state index is 12.6. The number of carbonyl (C=O) groups excluding carboxylic acids is 4. The van der Waals surface area contributed by atoms with E-state index in [1.54, 1.807) is 6.20 Å². The van der Waals surface area contributed by atoms with Crippen molar-refractivity contribution < 1.29 is 29.0 Å². The first-order chi connectivity index (χ1) is 14.2. The number of esters is 1. The number of carbonyl (C=O) groups is 4. The molecule has 0 aliphatic carbocycles. The smallest absolute Gasteiger partial charge is 0.303 e. The van der Waals surface area contributed by atoms with Gasteiger partial charge >= 0.3 is 5.97 Å². The molecule has 162 valence electrons. The maximum Gasteiger partial charge on any atom is 0.303 e. The van der Waals surface area contributed by atoms with Gasteiger partial charge in [0.05, 0.1) is 6.10 Å². The first kappa shape index (κ1) is 23.1. The van der Waals surface area contributed by atoms with Crippen molar-refractivity contribution in [3.05, 3.63) is 41.6 Å². The van der Waals surface area contributed by atoms with Gasteiger partial charge in [-0.2, -0.15) is 0 Å². The van der Waals surface area contributed by atoms with Crippen LogP contribution in [0.2, 0.25) is 0 Å². The lowest BCUT2D eigenvalue weighted by Crippen LogP contribution is -2.49. The van der Waals surface area contributed by atoms with Gasteiger partial charge in [-0.1, -0.05) is 24.3 Å². The van der Waals surface area contributed by atoms with Crippen LogP contribution >= 0.6 is 0 Å². The number of rotatable bonds is 8. The largest absolute Gasteiger partial charge is 0.453 e. The van der Waals surface area contributed by atoms with Crippen molar-refractivity contribution in [3.63, 3.8) is 0 Å². The summed E-state index contributed by atoms with van der Waals surface area (Å²) in [6, 6.07) is 6.61. The summed E-state index contributed by atoms with van der Waals surface area (Å²) in [7, 11) is 0. The van der Waals surface area contributed by atoms with Crippen molar-refractivity contribution in [1.82, 2.24) is 15.5 Å². The highest BCUT2D eigenvalue weighted by Crippen LogP contribution is 2.20. The quantitative estimate of drug-likeness (QED) is 0.413. The van der Waals surface area contributed by atoms with E-state index in [9.17, 15) is 24.3 Å². The van der Waals surface area contributed by atoms with E-state index in [2.05, 4.69) is 10.6 Å². The Hall–Kier alpha value is -3.20. The molecule has 1 fully saturated rings. The second-order valence-corrected chi connectivity index (χ2v) is 7.17. The standard InChI is InChI=1S/C21H27N3O6/c1-13(9-22-12-25)17-6-4-16(5-7-17)10-23-20(28)19-8-18(27)11-24(19)21(29)14(2)30-15(3)26/h4-7,9,12,14,18-19,27H,8,10-11H2,1-3H3,(H,22,25)(H,23,28)/b13-9+/t14-,18+,19-/m0/s1. The van der Waals surface area contributed by atoms with Gasteiger partial charge in [-0.3, -0.25) is 19.2 Å². The molecule has 0 unspecified atom stereocenters. The molecular formula is C21H27N3O6. The number of allylic oxidation sites excluding steroid dienone is 1. The predicted octanol–water partition coefficient (Wildman–Crippen LogP) is 0.323. The zero-order chi connectivity index (χ0) is 22.3. The number of hydrogen-bond donors (Lipinski definition) is 3. The topological polar surface area (TPSA) is 125 Å². The molecule has 1 aliphatic rings. The second kappa shape index (κ2) is 10.5. The predicted molar refractivity (Wildman–Crippen MR) is 108 cm³/mol. The molecule has 0 bridgehead atoms. The van der Waals surface area contributed by atoms with Crippen LogP contribution in [-0.2, 0) is 30.5 Å². The van der Waals surface area contributed by atoms with Gasteiger partial charge < -0.3 is 25.4 Å². The summed E-state index contributed by atoms with van der Waals surface area (Å²) < 4.78 is 4.90. The molecule has 2 rings (SSSR count). The van der Waals surface area contributed by atoms with E-state index >= 15 is 0 Å². The minimum atomic E-state index is -1.03. The molecule has 3 atom stereocenters. The van der Waals surface area contributed by atoms with Gasteiger partial charge in [0.25, 0.3) is 5.91 Å². The average Bonchev–Trinajstić information content (AvgIpc) is 3.11. The van der Waals surface area contributed by atoms with Gasteiger partial charge in [-0.25, -0.2) is 0 Å². The summed E-state index contributed by atoms with van der Waals surface area (Å²) in [5.74, 6) is -1.49. The van der Waals surface area contributed by atoms with Gasteiger partial charge in [-0.15, -0.1) is 0 Å². The third-order valence-electron chi connectivity index (χ3n) is 4.80. The molecule has 0 radical (unpaired) electrons. The van der Waals surface area contributed by atoms with Crippen LogP contribution in [0.4, 0.5) is 0 Å². The Kier molecular flexibility index (Phi) is 8.11. The van der Waals surface area contributed by atoms with Crippen molar-refractivity contribution in [1.29, 1.82) is 0 Å². The first-order valence-electron chi connectivity index (χ1n) is 9.62. The molecule has 1 aliphatic heterocycles. The summed E-state index contributed by atoms with van der Waals surface area (Å²) in [6.45, 7) is 4.77. The number of aliphatic hydroxyl groups is 1. The normalized spacial score (nSPS) is 19.7. The molecule has 3 amide bonds. The molecule has 0 aromatic heterocycles. The minimum Gasteiger partial charge on any atom is -0.453 e. The van der Waals surface area contributed by atoms with Crippen molar-refractivity contribution in [2.45, 2.75) is 52.0 Å². The van der Waals surface area contributed by atoms with Crippen LogP contribution in [-0.4, -0.2) is 59.0 Å². The molecule has 0 spiro atoms. The van der Waals surface area contributed by atoms with Crippen LogP contribution in [0.5, 0.6) is 0 Å². The summed E-state index contributed by atoms with van der Waals surface area (Å²) in [5, 5.41) is 15.2. The van der Waals surface area contributed by atoms with E-state index < -0.39 is 30.1 Å². The molecule has 3 N–H and O–H groups in total. The van der Waals surface area contributed by atoms with E-state index in [0.29, 0.717) is 6.41 Å². The van der Waals surface area contributed by atoms with Gasteiger partial charge in [0.2, 0.25) is 12.3 Å². The number of hydrogen-bond acceptors (Lipinski definition) is 6. The molecule has 0 saturated carbocycles. The molecule has 1 aromatic rings. The Morgan fingerprint density at radius 3 is 2.53 bits per heavy atom. The number of nitrogens with zero attached hydrogens (tertiary/aromatic N) is 1. The fourth-order valence-corrected chi connectivity index (χ4v) is 3.27. The average molecular weight is 417 g/mol. The van der Waals surface area contributed by atoms with Gasteiger partial charge in [0.15, 0.2) is 6.10 Å². The SMILES string of the molecule is CC(=O)O[C@@H](C)C(=O)N1C[C@H](O)C[C@H]1C(=O)NCc1ccc(/C(C)=C/NC=O)cc1. The van der Waals surface area contributed by atoms with Crippen molar-refractivity contribution in [2.75, 3.05) is 6.54 Å². The van der Waals surface area contributed by atoms with E-state index in [-0.39, 0.29) is 25.4 Å². The van der Waals surface area contributed by atoms with Crippen LogP contribution in [0.15, 0.2) is 30.5 Å². The summed E-state index contributed by atoms with van der Waals surface area (Å²) in [6.07, 6.45) is 0.465. The lowest BCUT2D eigenvalue weighted by atomic mass is 10.1. The number of benzene rings is 1. The Morgan fingerprint density at radius 1 is 1.27 bits per heavy atom. The second-order valence-electron chi connectivity index (χ2n) is 7.17. The van der Waals surface area contributed by atoms with Crippen LogP contribution < -0.4 is 10.6 Å². The van der Waals surface area contributed by atoms with Gasteiger partial charge in [0.1, 0.15) is 6.04 Å². The molecule has 1 aromatic carbocycles. The van der Waals surface area contributed by atoms with E-state index in [0.717, 1.165) is 16.7 Å². The highest BCUT2D eigenvalue weighted by molar-refractivity contribution is 5.90. The molecule has 30 heavy (non-hydrogen) atoms. The fraction of sp³-hybridized carbons (Fsp3) is 0.429. The van der Waals surface area contributed by atoms with Crippen molar-refractivity contribution in [3.8, 4) is 0 Å². The first-order valence-corrected chi connectivity index (χ1v) is 9.62. The number of ether oxygens (including phenoxy) is 1. The highest BCUT2D eigenvalue weighted by atomic mass is 16.5. The molecule has 1 saturated heterocycles. The van der Waals surface area contributed by atoms with Crippen molar-refractivity contribution in [2.24, 2.45) is 0 Å². The third-order valence-corrected chi connectivity index (χ3v) is 4.80. The summed E-state index contributed by atoms with van der Waals surface area (Å²) in [5.41, 5.74) is 2.66. The number of amides is 3. The summed E-state index contributed by atoms with van der Waals surface area (Å²) in [4.78, 5) is 47.9. The Labute approximate surface area is 175 Å².